The van der Waals surface area contributed by atoms with Crippen LogP contribution in [0, 0.1) is 29.1 Å². The summed E-state index contributed by atoms with van der Waals surface area (Å²) in [5.74, 6) is 3.85. The lowest BCUT2D eigenvalue weighted by Gasteiger charge is -2.59. The molecule has 4 fully saturated rings. The van der Waals surface area contributed by atoms with Gasteiger partial charge in [-0.2, -0.15) is 0 Å². The zero-order chi connectivity index (χ0) is 17.9. The Balaban J connectivity index is 1.29. The van der Waals surface area contributed by atoms with Gasteiger partial charge in [-0.25, -0.2) is 0 Å². The molecule has 1 aromatic heterocycles. The number of hydrogen-bond acceptors (Lipinski definition) is 2. The second kappa shape index (κ2) is 6.36. The summed E-state index contributed by atoms with van der Waals surface area (Å²) < 4.78 is 0. The highest BCUT2D eigenvalue weighted by molar-refractivity contribution is 7.14. The molecule has 0 unspecified atom stereocenters. The average Bonchev–Trinajstić information content (AvgIpc) is 3.03. The van der Waals surface area contributed by atoms with Gasteiger partial charge >= 0.3 is 0 Å². The van der Waals surface area contributed by atoms with Gasteiger partial charge in [-0.3, -0.25) is 4.79 Å². The lowest BCUT2D eigenvalue weighted by molar-refractivity contribution is -0.0687. The molecule has 2 nitrogen and oxygen atoms in total. The molecule has 6 rings (SSSR count). The highest BCUT2D eigenvalue weighted by atomic mass is 32.1. The van der Waals surface area contributed by atoms with Crippen LogP contribution >= 0.6 is 11.3 Å². The predicted molar refractivity (Wildman–Crippen MR) is 108 cm³/mol. The third-order valence-corrected chi connectivity index (χ3v) is 9.57. The van der Waals surface area contributed by atoms with Gasteiger partial charge in [0.1, 0.15) is 0 Å². The number of carbonyl (C=O) groups is 1. The minimum absolute atomic E-state index is 0.195. The first kappa shape index (κ1) is 17.3. The lowest BCUT2D eigenvalue weighted by atomic mass is 9.48. The zero-order valence-corrected chi connectivity index (χ0v) is 17.2. The monoisotopic (exact) mass is 371 g/mol. The van der Waals surface area contributed by atoms with Gasteiger partial charge in [0.2, 0.25) is 0 Å². The van der Waals surface area contributed by atoms with Gasteiger partial charge in [0.25, 0.3) is 5.91 Å². The molecule has 4 saturated carbocycles. The number of fused-ring (bicyclic) bond motifs is 1. The molecule has 5 aliphatic rings. The Morgan fingerprint density at radius 3 is 2.50 bits per heavy atom. The first-order valence-corrected chi connectivity index (χ1v) is 11.8. The van der Waals surface area contributed by atoms with Gasteiger partial charge in [0.05, 0.1) is 4.88 Å². The highest BCUT2D eigenvalue weighted by Gasteiger charge is 2.53. The number of amides is 1. The fourth-order valence-electron chi connectivity index (χ4n) is 7.19. The maximum absolute atomic E-state index is 13.0. The van der Waals surface area contributed by atoms with Crippen molar-refractivity contribution in [2.45, 2.75) is 84.1 Å². The van der Waals surface area contributed by atoms with Crippen molar-refractivity contribution in [2.75, 3.05) is 0 Å². The van der Waals surface area contributed by atoms with E-state index in [1.165, 1.54) is 74.6 Å². The molecular weight excluding hydrogens is 338 g/mol. The summed E-state index contributed by atoms with van der Waals surface area (Å²) in [6.45, 7) is 4.59. The molecule has 1 N–H and O–H groups in total. The quantitative estimate of drug-likeness (QED) is 0.733. The zero-order valence-electron chi connectivity index (χ0n) is 16.4. The Morgan fingerprint density at radius 2 is 1.88 bits per heavy atom. The summed E-state index contributed by atoms with van der Waals surface area (Å²) in [7, 11) is 0. The van der Waals surface area contributed by atoms with Crippen molar-refractivity contribution < 1.29 is 4.79 Å². The van der Waals surface area contributed by atoms with Crippen LogP contribution in [0.2, 0.25) is 0 Å². The van der Waals surface area contributed by atoms with Gasteiger partial charge in [-0.05, 0) is 105 Å². The van der Waals surface area contributed by atoms with Crippen LogP contribution < -0.4 is 5.32 Å². The Kier molecular flexibility index (Phi) is 4.23. The average molecular weight is 372 g/mol. The Labute approximate surface area is 162 Å². The van der Waals surface area contributed by atoms with Crippen molar-refractivity contribution in [1.82, 2.24) is 5.32 Å². The van der Waals surface area contributed by atoms with Crippen LogP contribution in [0.5, 0.6) is 0 Å². The maximum atomic E-state index is 13.0. The van der Waals surface area contributed by atoms with Crippen LogP contribution in [0.25, 0.3) is 0 Å². The fraction of sp³-hybridized carbons (Fsp3) is 0.783. The molecule has 0 saturated heterocycles. The first-order chi connectivity index (χ1) is 12.5. The number of aryl methyl sites for hydroxylation is 1. The summed E-state index contributed by atoms with van der Waals surface area (Å²) in [5.41, 5.74) is 1.86. The Hall–Kier alpha value is -0.830. The van der Waals surface area contributed by atoms with Crippen LogP contribution in [-0.4, -0.2) is 11.9 Å². The van der Waals surface area contributed by atoms with E-state index in [1.807, 2.05) is 0 Å². The number of thiophene rings is 1. The smallest absolute Gasteiger partial charge is 0.261 e. The standard InChI is InChI=1S/C23H33NOS/c1-3-15-4-5-20-19(9-15)10-21(26-20)22(25)24-14(2)23-11-16-6-17(12-23)8-18(7-16)13-23/h10,14-18H,3-9,11-13H2,1-2H3,(H,24,25)/t14-,15-,16?,17?,18?,23?/m0/s1. The second-order valence-corrected chi connectivity index (χ2v) is 11.2. The van der Waals surface area contributed by atoms with Gasteiger partial charge in [0.15, 0.2) is 0 Å². The van der Waals surface area contributed by atoms with E-state index < -0.39 is 0 Å². The molecule has 1 aromatic rings. The molecule has 4 bridgehead atoms. The number of rotatable bonds is 4. The van der Waals surface area contributed by atoms with Crippen molar-refractivity contribution in [1.29, 1.82) is 0 Å². The molecular formula is C23H33NOS. The highest BCUT2D eigenvalue weighted by Crippen LogP contribution is 2.61. The number of nitrogens with one attached hydrogen (secondary N) is 1. The number of carbonyl (C=O) groups excluding carboxylic acids is 1. The van der Waals surface area contributed by atoms with Crippen molar-refractivity contribution >= 4 is 17.2 Å². The minimum Gasteiger partial charge on any atom is -0.348 e. The molecule has 0 spiro atoms. The minimum atomic E-state index is 0.195. The molecule has 5 aliphatic carbocycles. The first-order valence-electron chi connectivity index (χ1n) is 11.0. The molecule has 0 aromatic carbocycles. The summed E-state index contributed by atoms with van der Waals surface area (Å²) in [6, 6.07) is 2.54. The second-order valence-electron chi connectivity index (χ2n) is 10.1. The SMILES string of the molecule is CC[C@H]1CCc2sc(C(=O)N[C@@H](C)C34CC5CC(CC(C5)C3)C4)cc2C1. The Bertz CT molecular complexity index is 670. The molecule has 3 heteroatoms. The molecule has 142 valence electrons. The topological polar surface area (TPSA) is 29.1 Å². The molecule has 2 atom stereocenters. The van der Waals surface area contributed by atoms with Crippen molar-refractivity contribution in [2.24, 2.45) is 29.1 Å². The van der Waals surface area contributed by atoms with E-state index in [0.29, 0.717) is 11.5 Å². The largest absolute Gasteiger partial charge is 0.348 e. The molecule has 0 aliphatic heterocycles. The van der Waals surface area contributed by atoms with Crippen molar-refractivity contribution in [3.05, 3.63) is 21.4 Å². The van der Waals surface area contributed by atoms with Crippen LogP contribution in [0.3, 0.4) is 0 Å². The van der Waals surface area contributed by atoms with Gasteiger partial charge in [-0.15, -0.1) is 11.3 Å². The van der Waals surface area contributed by atoms with Crippen LogP contribution in [-0.2, 0) is 12.8 Å². The van der Waals surface area contributed by atoms with Crippen molar-refractivity contribution in [3.63, 3.8) is 0 Å². The lowest BCUT2D eigenvalue weighted by Crippen LogP contribution is -2.55. The summed E-state index contributed by atoms with van der Waals surface area (Å²) in [4.78, 5) is 15.5. The van der Waals surface area contributed by atoms with E-state index in [1.54, 1.807) is 11.3 Å². The van der Waals surface area contributed by atoms with Gasteiger partial charge < -0.3 is 5.32 Å². The van der Waals surface area contributed by atoms with Crippen LogP contribution in [0.15, 0.2) is 6.07 Å². The van der Waals surface area contributed by atoms with E-state index in [9.17, 15) is 4.79 Å². The van der Waals surface area contributed by atoms with E-state index in [2.05, 4.69) is 25.2 Å². The molecule has 0 radical (unpaired) electrons. The third kappa shape index (κ3) is 2.85. The molecule has 26 heavy (non-hydrogen) atoms. The van der Waals surface area contributed by atoms with E-state index in [-0.39, 0.29) is 5.91 Å². The summed E-state index contributed by atoms with van der Waals surface area (Å²) in [6.07, 6.45) is 13.4. The van der Waals surface area contributed by atoms with Crippen molar-refractivity contribution in [3.8, 4) is 0 Å². The van der Waals surface area contributed by atoms with Gasteiger partial charge in [-0.1, -0.05) is 13.3 Å². The molecule has 1 heterocycles. The number of hydrogen-bond donors (Lipinski definition) is 1. The fourth-order valence-corrected chi connectivity index (χ4v) is 8.30. The van der Waals surface area contributed by atoms with Crippen LogP contribution in [0.4, 0.5) is 0 Å². The maximum Gasteiger partial charge on any atom is 0.261 e. The van der Waals surface area contributed by atoms with E-state index in [4.69, 9.17) is 0 Å². The summed E-state index contributed by atoms with van der Waals surface area (Å²) >= 11 is 1.76. The molecule has 1 amide bonds. The normalized spacial score (nSPS) is 38.8. The predicted octanol–water partition coefficient (Wildman–Crippen LogP) is 5.60. The van der Waals surface area contributed by atoms with E-state index >= 15 is 0 Å². The van der Waals surface area contributed by atoms with Crippen LogP contribution in [0.1, 0.15) is 85.3 Å². The van der Waals surface area contributed by atoms with E-state index in [0.717, 1.165) is 28.5 Å². The third-order valence-electron chi connectivity index (χ3n) is 8.34. The Morgan fingerprint density at radius 1 is 1.23 bits per heavy atom. The summed E-state index contributed by atoms with van der Waals surface area (Å²) in [5, 5.41) is 3.46. The van der Waals surface area contributed by atoms with Gasteiger partial charge in [0, 0.05) is 10.9 Å².